The number of carbonyl (C=O) groups is 1. The van der Waals surface area contributed by atoms with Crippen LogP contribution >= 0.6 is 0 Å². The molecule has 0 aliphatic carbocycles. The molecule has 2 N–H and O–H groups in total. The molecule has 2 heterocycles. The lowest BCUT2D eigenvalue weighted by molar-refractivity contribution is -0.121. The van der Waals surface area contributed by atoms with Gasteiger partial charge in [0.1, 0.15) is 11.3 Å². The van der Waals surface area contributed by atoms with Crippen LogP contribution in [0.4, 0.5) is 0 Å². The Morgan fingerprint density at radius 2 is 2.22 bits per heavy atom. The predicted octanol–water partition coefficient (Wildman–Crippen LogP) is 1.89. The molecular formula is C14H16N2O2. The van der Waals surface area contributed by atoms with Crippen LogP contribution in [0, 0.1) is 6.92 Å². The lowest BCUT2D eigenvalue weighted by atomic mass is 10.1. The maximum atomic E-state index is 11.6. The zero-order chi connectivity index (χ0) is 12.5. The van der Waals surface area contributed by atoms with E-state index in [2.05, 4.69) is 10.6 Å². The molecule has 4 nitrogen and oxygen atoms in total. The van der Waals surface area contributed by atoms with E-state index >= 15 is 0 Å². The van der Waals surface area contributed by atoms with Gasteiger partial charge in [-0.3, -0.25) is 4.79 Å². The number of hydrogen-bond acceptors (Lipinski definition) is 3. The van der Waals surface area contributed by atoms with Crippen molar-refractivity contribution >= 4 is 16.9 Å². The van der Waals surface area contributed by atoms with Crippen LogP contribution in [-0.2, 0) is 4.79 Å². The lowest BCUT2D eigenvalue weighted by Gasteiger charge is -2.10. The minimum absolute atomic E-state index is 0.0284. The van der Waals surface area contributed by atoms with E-state index in [1.54, 1.807) is 0 Å². The van der Waals surface area contributed by atoms with Gasteiger partial charge in [-0.1, -0.05) is 18.2 Å². The molecule has 1 atom stereocenters. The highest BCUT2D eigenvalue weighted by Crippen LogP contribution is 2.28. The smallest absolute Gasteiger partial charge is 0.222 e. The summed E-state index contributed by atoms with van der Waals surface area (Å²) in [7, 11) is 0. The van der Waals surface area contributed by atoms with Gasteiger partial charge < -0.3 is 15.1 Å². The Balaban J connectivity index is 1.98. The number of para-hydroxylation sites is 1. The molecule has 1 aliphatic heterocycles. The summed E-state index contributed by atoms with van der Waals surface area (Å²) in [5, 5.41) is 7.27. The monoisotopic (exact) mass is 244 g/mol. The topological polar surface area (TPSA) is 54.3 Å². The molecule has 1 saturated heterocycles. The largest absolute Gasteiger partial charge is 0.459 e. The van der Waals surface area contributed by atoms with Crippen LogP contribution in [0.2, 0.25) is 0 Å². The molecular weight excluding hydrogens is 228 g/mol. The van der Waals surface area contributed by atoms with Gasteiger partial charge in [0.05, 0.1) is 6.04 Å². The lowest BCUT2D eigenvalue weighted by Crippen LogP contribution is -2.24. The first-order chi connectivity index (χ1) is 8.74. The van der Waals surface area contributed by atoms with Crippen molar-refractivity contribution < 1.29 is 9.21 Å². The molecule has 1 aromatic carbocycles. The molecule has 1 unspecified atom stereocenters. The number of carbonyl (C=O) groups excluding carboxylic acids is 1. The maximum Gasteiger partial charge on any atom is 0.222 e. The summed E-state index contributed by atoms with van der Waals surface area (Å²) in [5.74, 6) is 0.915. The third-order valence-corrected chi connectivity index (χ3v) is 3.33. The van der Waals surface area contributed by atoms with Crippen LogP contribution in [0.5, 0.6) is 0 Å². The molecule has 0 radical (unpaired) electrons. The van der Waals surface area contributed by atoms with Crippen LogP contribution < -0.4 is 10.6 Å². The van der Waals surface area contributed by atoms with Crippen molar-refractivity contribution in [2.45, 2.75) is 19.4 Å². The number of fused-ring (bicyclic) bond motifs is 1. The maximum absolute atomic E-state index is 11.6. The van der Waals surface area contributed by atoms with E-state index in [4.69, 9.17) is 4.42 Å². The van der Waals surface area contributed by atoms with Crippen molar-refractivity contribution in [3.8, 4) is 0 Å². The number of benzene rings is 1. The molecule has 0 bridgehead atoms. The zero-order valence-electron chi connectivity index (χ0n) is 10.3. The van der Waals surface area contributed by atoms with Crippen LogP contribution in [-0.4, -0.2) is 19.0 Å². The van der Waals surface area contributed by atoms with E-state index in [1.165, 1.54) is 0 Å². The first-order valence-electron chi connectivity index (χ1n) is 6.23. The second kappa shape index (κ2) is 4.46. The highest BCUT2D eigenvalue weighted by molar-refractivity contribution is 5.81. The fourth-order valence-corrected chi connectivity index (χ4v) is 2.38. The molecule has 3 rings (SSSR count). The summed E-state index contributed by atoms with van der Waals surface area (Å²) in [6.45, 7) is 3.48. The van der Waals surface area contributed by atoms with Gasteiger partial charge in [-0.15, -0.1) is 0 Å². The number of furan rings is 1. The van der Waals surface area contributed by atoms with Gasteiger partial charge >= 0.3 is 0 Å². The number of aryl methyl sites for hydroxylation is 1. The van der Waals surface area contributed by atoms with Crippen molar-refractivity contribution in [3.05, 3.63) is 35.6 Å². The Hall–Kier alpha value is -1.81. The first kappa shape index (κ1) is 11.3. The minimum atomic E-state index is -0.0284. The highest BCUT2D eigenvalue weighted by Gasteiger charge is 2.21. The second-order valence-electron chi connectivity index (χ2n) is 4.70. The van der Waals surface area contributed by atoms with E-state index in [9.17, 15) is 4.79 Å². The highest BCUT2D eigenvalue weighted by atomic mass is 16.3. The van der Waals surface area contributed by atoms with E-state index in [-0.39, 0.29) is 11.9 Å². The average Bonchev–Trinajstić information content (AvgIpc) is 2.67. The van der Waals surface area contributed by atoms with Crippen LogP contribution in [0.15, 0.2) is 28.7 Å². The van der Waals surface area contributed by atoms with Gasteiger partial charge in [-0.25, -0.2) is 0 Å². The fourth-order valence-electron chi connectivity index (χ4n) is 2.38. The quantitative estimate of drug-likeness (QED) is 0.805. The average molecular weight is 244 g/mol. The van der Waals surface area contributed by atoms with Crippen LogP contribution in [0.3, 0.4) is 0 Å². The minimum Gasteiger partial charge on any atom is -0.459 e. The van der Waals surface area contributed by atoms with E-state index < -0.39 is 0 Å². The number of hydrogen-bond donors (Lipinski definition) is 2. The molecule has 94 valence electrons. The van der Waals surface area contributed by atoms with Gasteiger partial charge in [-0.2, -0.15) is 0 Å². The summed E-state index contributed by atoms with van der Waals surface area (Å²) in [4.78, 5) is 11.6. The second-order valence-corrected chi connectivity index (χ2v) is 4.70. The molecule has 18 heavy (non-hydrogen) atoms. The number of rotatable bonds is 1. The Bertz CT molecular complexity index is 588. The number of nitrogens with one attached hydrogen (secondary N) is 2. The fraction of sp³-hybridized carbons (Fsp3) is 0.357. The first-order valence-corrected chi connectivity index (χ1v) is 6.23. The summed E-state index contributed by atoms with van der Waals surface area (Å²) < 4.78 is 5.90. The molecule has 1 aromatic heterocycles. The third kappa shape index (κ3) is 1.99. The Morgan fingerprint density at radius 3 is 3.06 bits per heavy atom. The Labute approximate surface area is 105 Å². The molecule has 0 spiro atoms. The molecule has 1 aliphatic rings. The van der Waals surface area contributed by atoms with Gasteiger partial charge in [0.15, 0.2) is 0 Å². The van der Waals surface area contributed by atoms with Gasteiger partial charge in [0.25, 0.3) is 0 Å². The van der Waals surface area contributed by atoms with Crippen LogP contribution in [0.1, 0.15) is 23.8 Å². The third-order valence-electron chi connectivity index (χ3n) is 3.33. The van der Waals surface area contributed by atoms with Crippen LogP contribution in [0.25, 0.3) is 11.0 Å². The summed E-state index contributed by atoms with van der Waals surface area (Å²) in [6, 6.07) is 8.08. The van der Waals surface area contributed by atoms with Crippen molar-refractivity contribution in [3.63, 3.8) is 0 Å². The van der Waals surface area contributed by atoms with Crippen molar-refractivity contribution in [1.82, 2.24) is 10.6 Å². The van der Waals surface area contributed by atoms with Crippen molar-refractivity contribution in [2.75, 3.05) is 13.1 Å². The van der Waals surface area contributed by atoms with E-state index in [0.29, 0.717) is 13.0 Å². The molecule has 2 aromatic rings. The summed E-state index contributed by atoms with van der Waals surface area (Å²) in [5.41, 5.74) is 2.04. The SMILES string of the molecule is Cc1cccc2cc(C3CC(=O)NCCN3)oc12. The van der Waals surface area contributed by atoms with Gasteiger partial charge in [-0.05, 0) is 18.6 Å². The molecule has 1 fully saturated rings. The standard InChI is InChI=1S/C14H16N2O2/c1-9-3-2-4-10-7-12(18-14(9)10)11-8-13(17)16-6-5-15-11/h2-4,7,11,15H,5-6,8H2,1H3,(H,16,17). The van der Waals surface area contributed by atoms with Gasteiger partial charge in [0, 0.05) is 24.9 Å². The molecule has 1 amide bonds. The summed E-state index contributed by atoms with van der Waals surface area (Å²) in [6.07, 6.45) is 0.429. The van der Waals surface area contributed by atoms with Crippen molar-refractivity contribution in [1.29, 1.82) is 0 Å². The Kier molecular flexibility index (Phi) is 2.80. The normalized spacial score (nSPS) is 20.7. The summed E-state index contributed by atoms with van der Waals surface area (Å²) >= 11 is 0. The number of amides is 1. The van der Waals surface area contributed by atoms with E-state index in [1.807, 2.05) is 31.2 Å². The Morgan fingerprint density at radius 1 is 1.33 bits per heavy atom. The van der Waals surface area contributed by atoms with E-state index in [0.717, 1.165) is 28.8 Å². The molecule has 0 saturated carbocycles. The zero-order valence-corrected chi connectivity index (χ0v) is 10.3. The molecule has 4 heteroatoms. The van der Waals surface area contributed by atoms with Crippen molar-refractivity contribution in [2.24, 2.45) is 0 Å². The predicted molar refractivity (Wildman–Crippen MR) is 69.3 cm³/mol. The van der Waals surface area contributed by atoms with Gasteiger partial charge in [0.2, 0.25) is 5.91 Å².